The van der Waals surface area contributed by atoms with Gasteiger partial charge in [-0.1, -0.05) is 34.4 Å². The summed E-state index contributed by atoms with van der Waals surface area (Å²) in [6.45, 7) is 1.61. The molecule has 0 amide bonds. The summed E-state index contributed by atoms with van der Waals surface area (Å²) in [5, 5.41) is 4.02. The molecule has 1 heterocycles. The van der Waals surface area contributed by atoms with Crippen molar-refractivity contribution in [3.63, 3.8) is 0 Å². The van der Waals surface area contributed by atoms with E-state index in [2.05, 4.69) is 5.16 Å². The molecule has 0 radical (unpaired) electrons. The van der Waals surface area contributed by atoms with E-state index in [-0.39, 0.29) is 21.4 Å². The number of hydrogen-bond donors (Lipinski definition) is 0. The smallest absolute Gasteiger partial charge is 0.348 e. The maximum absolute atomic E-state index is 11.8. The minimum Gasteiger partial charge on any atom is -0.420 e. The first kappa shape index (κ1) is 12.0. The summed E-state index contributed by atoms with van der Waals surface area (Å²) >= 11 is 11.7. The average Bonchev–Trinajstić information content (AvgIpc) is 2.70. The Hall–Kier alpha value is -1.52. The van der Waals surface area contributed by atoms with Gasteiger partial charge in [0.25, 0.3) is 0 Å². The number of ether oxygens (including phenoxy) is 1. The highest BCUT2D eigenvalue weighted by Gasteiger charge is 2.18. The van der Waals surface area contributed by atoms with Crippen molar-refractivity contribution in [1.82, 2.24) is 5.16 Å². The predicted octanol–water partition coefficient (Wildman–Crippen LogP) is 3.51. The zero-order valence-electron chi connectivity index (χ0n) is 8.74. The lowest BCUT2D eigenvalue weighted by Crippen LogP contribution is -2.09. The Bertz CT molecular complexity index is 545. The van der Waals surface area contributed by atoms with Gasteiger partial charge in [0.2, 0.25) is 0 Å². The van der Waals surface area contributed by atoms with Crippen LogP contribution in [0, 0.1) is 6.92 Å². The number of carbonyl (C=O) groups is 1. The lowest BCUT2D eigenvalue weighted by atomic mass is 10.3. The Morgan fingerprint density at radius 3 is 2.53 bits per heavy atom. The molecule has 0 aliphatic rings. The van der Waals surface area contributed by atoms with E-state index in [1.54, 1.807) is 25.1 Å². The number of carbonyl (C=O) groups excluding carboxylic acids is 1. The highest BCUT2D eigenvalue weighted by Crippen LogP contribution is 2.33. The number of nitrogens with zero attached hydrogens (tertiary/aromatic N) is 1. The van der Waals surface area contributed by atoms with E-state index in [0.29, 0.717) is 5.76 Å². The second kappa shape index (κ2) is 4.77. The van der Waals surface area contributed by atoms with Crippen molar-refractivity contribution < 1.29 is 14.1 Å². The monoisotopic (exact) mass is 271 g/mol. The Morgan fingerprint density at radius 2 is 2.00 bits per heavy atom. The molecule has 1 aromatic carbocycles. The lowest BCUT2D eigenvalue weighted by molar-refractivity contribution is 0.0733. The van der Waals surface area contributed by atoms with Crippen LogP contribution in [0.1, 0.15) is 16.1 Å². The van der Waals surface area contributed by atoms with E-state index in [1.807, 2.05) is 0 Å². The molecule has 0 saturated carbocycles. The largest absolute Gasteiger partial charge is 0.420 e. The van der Waals surface area contributed by atoms with Gasteiger partial charge in [0, 0.05) is 0 Å². The third kappa shape index (κ3) is 2.43. The number of aromatic nitrogens is 1. The van der Waals surface area contributed by atoms with Crippen molar-refractivity contribution in [3.8, 4) is 5.75 Å². The summed E-state index contributed by atoms with van der Waals surface area (Å²) in [5.74, 6) is -0.113. The number of esters is 1. The van der Waals surface area contributed by atoms with E-state index in [1.165, 1.54) is 6.20 Å². The molecule has 0 saturated heterocycles. The summed E-state index contributed by atoms with van der Waals surface area (Å²) in [7, 11) is 0. The van der Waals surface area contributed by atoms with Gasteiger partial charge in [-0.05, 0) is 19.1 Å². The second-order valence-electron chi connectivity index (χ2n) is 3.24. The van der Waals surface area contributed by atoms with Gasteiger partial charge in [-0.3, -0.25) is 0 Å². The Labute approximate surface area is 107 Å². The van der Waals surface area contributed by atoms with Gasteiger partial charge in [-0.15, -0.1) is 0 Å². The molecule has 2 aromatic rings. The minimum atomic E-state index is -0.612. The number of halogens is 2. The van der Waals surface area contributed by atoms with E-state index in [9.17, 15) is 4.79 Å². The molecule has 2 rings (SSSR count). The fraction of sp³-hybridized carbons (Fsp3) is 0.0909. The molecule has 0 atom stereocenters. The van der Waals surface area contributed by atoms with Gasteiger partial charge in [-0.2, -0.15) is 0 Å². The number of hydrogen-bond acceptors (Lipinski definition) is 4. The van der Waals surface area contributed by atoms with E-state index < -0.39 is 5.97 Å². The molecule has 0 unspecified atom stereocenters. The molecular formula is C11H7Cl2NO3. The van der Waals surface area contributed by atoms with Crippen LogP contribution in [0.4, 0.5) is 0 Å². The van der Waals surface area contributed by atoms with Crippen LogP contribution in [0.3, 0.4) is 0 Å². The van der Waals surface area contributed by atoms with Crippen molar-refractivity contribution in [2.75, 3.05) is 0 Å². The number of aryl methyl sites for hydroxylation is 1. The van der Waals surface area contributed by atoms with Crippen LogP contribution in [0.2, 0.25) is 10.0 Å². The van der Waals surface area contributed by atoms with Crippen LogP contribution < -0.4 is 4.74 Å². The highest BCUT2D eigenvalue weighted by atomic mass is 35.5. The zero-order valence-corrected chi connectivity index (χ0v) is 10.2. The molecule has 0 bridgehead atoms. The highest BCUT2D eigenvalue weighted by molar-refractivity contribution is 6.37. The van der Waals surface area contributed by atoms with Crippen molar-refractivity contribution in [2.24, 2.45) is 0 Å². The second-order valence-corrected chi connectivity index (χ2v) is 4.05. The lowest BCUT2D eigenvalue weighted by Gasteiger charge is -2.06. The van der Waals surface area contributed by atoms with E-state index >= 15 is 0 Å². The normalized spacial score (nSPS) is 10.3. The van der Waals surface area contributed by atoms with Crippen LogP contribution >= 0.6 is 23.2 Å². The molecule has 6 heteroatoms. The van der Waals surface area contributed by atoms with Crippen molar-refractivity contribution >= 4 is 29.2 Å². The zero-order chi connectivity index (χ0) is 12.4. The minimum absolute atomic E-state index is 0.126. The van der Waals surface area contributed by atoms with E-state index in [0.717, 1.165) is 0 Å². The van der Waals surface area contributed by atoms with Crippen molar-refractivity contribution in [2.45, 2.75) is 6.92 Å². The molecule has 0 aliphatic carbocycles. The molecule has 0 aliphatic heterocycles. The quantitative estimate of drug-likeness (QED) is 0.620. The van der Waals surface area contributed by atoms with Crippen molar-refractivity contribution in [3.05, 3.63) is 45.8 Å². The predicted molar refractivity (Wildman–Crippen MR) is 62.7 cm³/mol. The van der Waals surface area contributed by atoms with Crippen molar-refractivity contribution in [1.29, 1.82) is 0 Å². The SMILES string of the molecule is Cc1oncc1C(=O)Oc1c(Cl)cccc1Cl. The third-order valence-corrected chi connectivity index (χ3v) is 2.68. The number of rotatable bonds is 2. The molecular weight excluding hydrogens is 265 g/mol. The maximum atomic E-state index is 11.8. The maximum Gasteiger partial charge on any atom is 0.348 e. The summed E-state index contributed by atoms with van der Waals surface area (Å²) in [6.07, 6.45) is 1.28. The Kier molecular flexibility index (Phi) is 3.36. The number of para-hydroxylation sites is 1. The summed E-state index contributed by atoms with van der Waals surface area (Å²) < 4.78 is 9.87. The van der Waals surface area contributed by atoms with Crippen LogP contribution in [0.5, 0.6) is 5.75 Å². The van der Waals surface area contributed by atoms with Gasteiger partial charge in [0.15, 0.2) is 5.75 Å². The summed E-state index contributed by atoms with van der Waals surface area (Å²) in [6, 6.07) is 4.82. The standard InChI is InChI=1S/C11H7Cl2NO3/c1-6-7(5-14-17-6)11(15)16-10-8(12)3-2-4-9(10)13/h2-5H,1H3. The Balaban J connectivity index is 2.28. The van der Waals surface area contributed by atoms with Crippen LogP contribution in [-0.4, -0.2) is 11.1 Å². The first-order valence-electron chi connectivity index (χ1n) is 4.67. The van der Waals surface area contributed by atoms with E-state index in [4.69, 9.17) is 32.5 Å². The first-order chi connectivity index (χ1) is 8.09. The topological polar surface area (TPSA) is 52.3 Å². The van der Waals surface area contributed by atoms with Gasteiger partial charge in [0.1, 0.15) is 11.3 Å². The fourth-order valence-corrected chi connectivity index (χ4v) is 1.70. The molecule has 88 valence electrons. The van der Waals surface area contributed by atoms with Gasteiger partial charge < -0.3 is 9.26 Å². The van der Waals surface area contributed by atoms with Crippen LogP contribution in [0.15, 0.2) is 28.9 Å². The van der Waals surface area contributed by atoms with Gasteiger partial charge in [0.05, 0.1) is 16.2 Å². The molecule has 17 heavy (non-hydrogen) atoms. The first-order valence-corrected chi connectivity index (χ1v) is 5.42. The molecule has 0 spiro atoms. The molecule has 1 aromatic heterocycles. The fourth-order valence-electron chi connectivity index (χ4n) is 1.22. The number of benzene rings is 1. The van der Waals surface area contributed by atoms with Crippen LogP contribution in [-0.2, 0) is 0 Å². The molecule has 4 nitrogen and oxygen atoms in total. The third-order valence-electron chi connectivity index (χ3n) is 2.08. The van der Waals surface area contributed by atoms with Gasteiger partial charge in [-0.25, -0.2) is 4.79 Å². The summed E-state index contributed by atoms with van der Waals surface area (Å²) in [5.41, 5.74) is 0.237. The Morgan fingerprint density at radius 1 is 1.35 bits per heavy atom. The average molecular weight is 272 g/mol. The molecule has 0 N–H and O–H groups in total. The summed E-state index contributed by atoms with van der Waals surface area (Å²) in [4.78, 5) is 11.8. The van der Waals surface area contributed by atoms with Gasteiger partial charge >= 0.3 is 5.97 Å². The van der Waals surface area contributed by atoms with Crippen LogP contribution in [0.25, 0.3) is 0 Å². The molecule has 0 fully saturated rings.